The molecule has 4 N–H and O–H groups in total. The second-order valence-corrected chi connectivity index (χ2v) is 4.77. The molecule has 1 saturated heterocycles. The molecule has 1 fully saturated rings. The van der Waals surface area contributed by atoms with E-state index in [0.29, 0.717) is 11.7 Å². The lowest BCUT2D eigenvalue weighted by atomic mass is 10.1. The van der Waals surface area contributed by atoms with Gasteiger partial charge >= 0.3 is 0 Å². The summed E-state index contributed by atoms with van der Waals surface area (Å²) in [6.07, 6.45) is 6.75. The fourth-order valence-corrected chi connectivity index (χ4v) is 1.95. The molecule has 0 amide bonds. The first-order valence-electron chi connectivity index (χ1n) is 5.57. The van der Waals surface area contributed by atoms with Crippen LogP contribution in [0.1, 0.15) is 0 Å². The summed E-state index contributed by atoms with van der Waals surface area (Å²) < 4.78 is 6.60. The van der Waals surface area contributed by atoms with Crippen LogP contribution in [0.15, 0.2) is 47.0 Å². The summed E-state index contributed by atoms with van der Waals surface area (Å²) >= 11 is 3.40. The lowest BCUT2D eigenvalue weighted by Gasteiger charge is -2.40. The molecule has 0 aliphatic carbocycles. The first-order chi connectivity index (χ1) is 8.70. The van der Waals surface area contributed by atoms with Gasteiger partial charge in [0.2, 0.25) is 5.88 Å². The van der Waals surface area contributed by atoms with Crippen LogP contribution < -0.4 is 16.2 Å². The number of likely N-dealkylation sites (tertiary alicyclic amines) is 1. The molecule has 96 valence electrons. The molecule has 1 aromatic rings. The van der Waals surface area contributed by atoms with Gasteiger partial charge in [0.1, 0.15) is 6.10 Å². The molecule has 0 bridgehead atoms. The van der Waals surface area contributed by atoms with Crippen LogP contribution in [0.4, 0.5) is 0 Å². The molecule has 2 heterocycles. The topological polar surface area (TPSA) is 77.4 Å². The monoisotopic (exact) mass is 310 g/mol. The molecule has 6 heteroatoms. The normalized spacial score (nSPS) is 16.9. The van der Waals surface area contributed by atoms with Gasteiger partial charge in [0.25, 0.3) is 0 Å². The predicted octanol–water partition coefficient (Wildman–Crippen LogP) is 1.18. The SMILES string of the molecule is N/C=C\C=C(/N)N1CC(Oc2ncccc2Br)C1. The number of halogens is 1. The summed E-state index contributed by atoms with van der Waals surface area (Å²) in [5.74, 6) is 1.31. The molecule has 1 aliphatic rings. The van der Waals surface area contributed by atoms with Gasteiger partial charge in [-0.3, -0.25) is 0 Å². The Morgan fingerprint density at radius 3 is 3.00 bits per heavy atom. The Hall–Kier alpha value is -1.69. The highest BCUT2D eigenvalue weighted by molar-refractivity contribution is 9.10. The van der Waals surface area contributed by atoms with E-state index < -0.39 is 0 Å². The van der Waals surface area contributed by atoms with Crippen molar-refractivity contribution in [2.24, 2.45) is 11.5 Å². The minimum atomic E-state index is 0.116. The minimum Gasteiger partial charge on any atom is -0.470 e. The zero-order valence-electron chi connectivity index (χ0n) is 9.79. The Kier molecular flexibility index (Phi) is 4.09. The summed E-state index contributed by atoms with van der Waals surface area (Å²) in [6.45, 7) is 1.51. The Morgan fingerprint density at radius 1 is 1.56 bits per heavy atom. The third kappa shape index (κ3) is 2.95. The summed E-state index contributed by atoms with van der Waals surface area (Å²) in [7, 11) is 0. The van der Waals surface area contributed by atoms with Crippen molar-refractivity contribution in [1.29, 1.82) is 0 Å². The van der Waals surface area contributed by atoms with Gasteiger partial charge in [-0.1, -0.05) is 0 Å². The Labute approximate surface area is 114 Å². The average Bonchev–Trinajstić information content (AvgIpc) is 2.32. The molecule has 1 aliphatic heterocycles. The number of hydrogen-bond acceptors (Lipinski definition) is 5. The number of nitrogens with zero attached hydrogens (tertiary/aromatic N) is 2. The number of rotatable bonds is 4. The molecule has 0 saturated carbocycles. The van der Waals surface area contributed by atoms with Crippen molar-refractivity contribution in [3.8, 4) is 5.88 Å². The standard InChI is InChI=1S/C12H15BrN4O/c13-10-3-2-6-16-12(10)18-9-7-17(8-9)11(15)4-1-5-14/h1-6,9H,7-8,14-15H2/b5-1-,11-4+. The quantitative estimate of drug-likeness (QED) is 0.817. The third-order valence-electron chi connectivity index (χ3n) is 2.59. The van der Waals surface area contributed by atoms with Gasteiger partial charge in [-0.25, -0.2) is 4.98 Å². The van der Waals surface area contributed by atoms with Gasteiger partial charge in [0.05, 0.1) is 23.4 Å². The van der Waals surface area contributed by atoms with Crippen LogP contribution >= 0.6 is 15.9 Å². The highest BCUT2D eigenvalue weighted by atomic mass is 79.9. The number of ether oxygens (including phenoxy) is 1. The molecular formula is C12H15BrN4O. The van der Waals surface area contributed by atoms with E-state index in [-0.39, 0.29) is 6.10 Å². The lowest BCUT2D eigenvalue weighted by Crippen LogP contribution is -2.54. The maximum atomic E-state index is 5.85. The third-order valence-corrected chi connectivity index (χ3v) is 3.20. The van der Waals surface area contributed by atoms with Crippen molar-refractivity contribution in [2.45, 2.75) is 6.10 Å². The number of hydrogen-bond donors (Lipinski definition) is 2. The van der Waals surface area contributed by atoms with Gasteiger partial charge in [-0.05, 0) is 46.4 Å². The Morgan fingerprint density at radius 2 is 2.33 bits per heavy atom. The second kappa shape index (κ2) is 5.77. The van der Waals surface area contributed by atoms with Crippen LogP contribution in [0.5, 0.6) is 5.88 Å². The molecule has 5 nitrogen and oxygen atoms in total. The minimum absolute atomic E-state index is 0.116. The van der Waals surface area contributed by atoms with Crippen molar-refractivity contribution in [3.63, 3.8) is 0 Å². The maximum Gasteiger partial charge on any atom is 0.228 e. The van der Waals surface area contributed by atoms with Gasteiger partial charge in [-0.15, -0.1) is 0 Å². The fraction of sp³-hybridized carbons (Fsp3) is 0.250. The molecule has 18 heavy (non-hydrogen) atoms. The molecule has 0 aromatic carbocycles. The average molecular weight is 311 g/mol. The van der Waals surface area contributed by atoms with Crippen LogP contribution in [-0.2, 0) is 0 Å². The summed E-state index contributed by atoms with van der Waals surface area (Å²) in [5.41, 5.74) is 11.1. The summed E-state index contributed by atoms with van der Waals surface area (Å²) in [6, 6.07) is 3.75. The molecular weight excluding hydrogens is 296 g/mol. The van der Waals surface area contributed by atoms with Crippen LogP contribution in [0.3, 0.4) is 0 Å². The fourth-order valence-electron chi connectivity index (χ4n) is 1.60. The molecule has 1 aromatic heterocycles. The van der Waals surface area contributed by atoms with E-state index in [9.17, 15) is 0 Å². The number of aromatic nitrogens is 1. The smallest absolute Gasteiger partial charge is 0.228 e. The van der Waals surface area contributed by atoms with Gasteiger partial charge < -0.3 is 21.1 Å². The van der Waals surface area contributed by atoms with E-state index in [1.54, 1.807) is 18.3 Å². The van der Waals surface area contributed by atoms with E-state index in [4.69, 9.17) is 16.2 Å². The predicted molar refractivity (Wildman–Crippen MR) is 73.5 cm³/mol. The first-order valence-corrected chi connectivity index (χ1v) is 6.36. The molecule has 0 unspecified atom stereocenters. The van der Waals surface area contributed by atoms with E-state index in [2.05, 4.69) is 20.9 Å². The molecule has 0 radical (unpaired) electrons. The number of allylic oxidation sites excluding steroid dienone is 2. The highest BCUT2D eigenvalue weighted by Crippen LogP contribution is 2.24. The number of pyridine rings is 1. The van der Waals surface area contributed by atoms with Crippen LogP contribution in [-0.4, -0.2) is 29.1 Å². The van der Waals surface area contributed by atoms with E-state index in [0.717, 1.165) is 17.6 Å². The van der Waals surface area contributed by atoms with Crippen molar-refractivity contribution < 1.29 is 4.74 Å². The van der Waals surface area contributed by atoms with Crippen LogP contribution in [0, 0.1) is 0 Å². The van der Waals surface area contributed by atoms with E-state index >= 15 is 0 Å². The Bertz CT molecular complexity index is 469. The molecule has 2 rings (SSSR count). The second-order valence-electron chi connectivity index (χ2n) is 3.91. The zero-order chi connectivity index (χ0) is 13.0. The van der Waals surface area contributed by atoms with Gasteiger partial charge in [0.15, 0.2) is 0 Å². The molecule has 0 spiro atoms. The van der Waals surface area contributed by atoms with Crippen LogP contribution in [0.25, 0.3) is 0 Å². The summed E-state index contributed by atoms with van der Waals surface area (Å²) in [4.78, 5) is 6.17. The summed E-state index contributed by atoms with van der Waals surface area (Å²) in [5, 5.41) is 0. The largest absolute Gasteiger partial charge is 0.470 e. The first kappa shape index (κ1) is 12.8. The maximum absolute atomic E-state index is 5.85. The van der Waals surface area contributed by atoms with Gasteiger partial charge in [-0.2, -0.15) is 0 Å². The van der Waals surface area contributed by atoms with Crippen molar-refractivity contribution in [2.75, 3.05) is 13.1 Å². The van der Waals surface area contributed by atoms with Crippen molar-refractivity contribution in [3.05, 3.63) is 47.0 Å². The number of nitrogens with two attached hydrogens (primary N) is 2. The van der Waals surface area contributed by atoms with E-state index in [1.165, 1.54) is 6.20 Å². The molecule has 0 atom stereocenters. The van der Waals surface area contributed by atoms with Crippen molar-refractivity contribution in [1.82, 2.24) is 9.88 Å². The van der Waals surface area contributed by atoms with Gasteiger partial charge in [0, 0.05) is 6.20 Å². The zero-order valence-corrected chi connectivity index (χ0v) is 11.4. The van der Waals surface area contributed by atoms with Crippen molar-refractivity contribution >= 4 is 15.9 Å². The highest BCUT2D eigenvalue weighted by Gasteiger charge is 2.29. The lowest BCUT2D eigenvalue weighted by molar-refractivity contribution is 0.0392. The van der Waals surface area contributed by atoms with Crippen LogP contribution in [0.2, 0.25) is 0 Å². The Balaban J connectivity index is 1.85. The van der Waals surface area contributed by atoms with E-state index in [1.807, 2.05) is 17.0 Å².